The van der Waals surface area contributed by atoms with Gasteiger partial charge in [-0.25, -0.2) is 0 Å². The zero-order valence-corrected chi connectivity index (χ0v) is 13.5. The molecule has 0 saturated carbocycles. The largest absolute Gasteiger partial charge is 0.385 e. The van der Waals surface area contributed by atoms with E-state index >= 15 is 0 Å². The highest BCUT2D eigenvalue weighted by Gasteiger charge is 2.11. The third kappa shape index (κ3) is 5.61. The molecule has 0 amide bonds. The molecule has 1 N–H and O–H groups in total. The van der Waals surface area contributed by atoms with Crippen molar-refractivity contribution in [3.8, 4) is 0 Å². The van der Waals surface area contributed by atoms with Crippen LogP contribution in [-0.4, -0.2) is 42.8 Å². The van der Waals surface area contributed by atoms with Crippen molar-refractivity contribution >= 4 is 0 Å². The first kappa shape index (κ1) is 17.1. The number of rotatable bonds is 10. The van der Waals surface area contributed by atoms with Crippen LogP contribution >= 0.6 is 0 Å². The Morgan fingerprint density at radius 2 is 1.95 bits per heavy atom. The van der Waals surface area contributed by atoms with Crippen molar-refractivity contribution in [2.45, 2.75) is 53.2 Å². The molecule has 1 aromatic heterocycles. The molecule has 20 heavy (non-hydrogen) atoms. The summed E-state index contributed by atoms with van der Waals surface area (Å²) < 4.78 is 12.6. The monoisotopic (exact) mass is 283 g/mol. The van der Waals surface area contributed by atoms with Gasteiger partial charge in [0.1, 0.15) is 0 Å². The molecular weight excluding hydrogens is 254 g/mol. The number of methoxy groups -OCH3 is 1. The molecule has 0 spiro atoms. The first-order valence-electron chi connectivity index (χ1n) is 7.39. The highest BCUT2D eigenvalue weighted by atomic mass is 16.5. The summed E-state index contributed by atoms with van der Waals surface area (Å²) in [6.45, 7) is 12.4. The first-order chi connectivity index (χ1) is 9.56. The van der Waals surface area contributed by atoms with E-state index in [9.17, 15) is 0 Å². The minimum absolute atomic E-state index is 0.487. The lowest BCUT2D eigenvalue weighted by Crippen LogP contribution is -2.22. The van der Waals surface area contributed by atoms with Crippen molar-refractivity contribution in [3.63, 3.8) is 0 Å². The van der Waals surface area contributed by atoms with Crippen LogP contribution in [-0.2, 0) is 22.6 Å². The van der Waals surface area contributed by atoms with E-state index < -0.39 is 0 Å². The normalized spacial score (nSPS) is 11.5. The van der Waals surface area contributed by atoms with Crippen LogP contribution in [0.4, 0.5) is 0 Å². The highest BCUT2D eigenvalue weighted by Crippen LogP contribution is 2.13. The molecular formula is C15H29N3O2. The molecule has 0 aliphatic heterocycles. The molecule has 5 heteroatoms. The lowest BCUT2D eigenvalue weighted by Gasteiger charge is -2.09. The van der Waals surface area contributed by atoms with Gasteiger partial charge in [0.25, 0.3) is 0 Å². The number of hydrogen-bond acceptors (Lipinski definition) is 4. The summed E-state index contributed by atoms with van der Waals surface area (Å²) in [6.07, 6.45) is 0.942. The summed E-state index contributed by atoms with van der Waals surface area (Å²) in [5.41, 5.74) is 3.64. The van der Waals surface area contributed by atoms with Crippen LogP contribution in [0.2, 0.25) is 0 Å². The predicted molar refractivity (Wildman–Crippen MR) is 81.0 cm³/mol. The Bertz CT molecular complexity index is 389. The number of aryl methyl sites for hydroxylation is 1. The topological polar surface area (TPSA) is 48.3 Å². The quantitative estimate of drug-likeness (QED) is 0.668. The van der Waals surface area contributed by atoms with Crippen molar-refractivity contribution in [2.75, 3.05) is 26.9 Å². The molecule has 1 heterocycles. The van der Waals surface area contributed by atoms with Gasteiger partial charge in [0.2, 0.25) is 0 Å². The summed E-state index contributed by atoms with van der Waals surface area (Å²) in [4.78, 5) is 0. The van der Waals surface area contributed by atoms with Gasteiger partial charge < -0.3 is 14.8 Å². The number of nitrogens with one attached hydrogen (secondary N) is 1. The SMILES string of the molecule is COCCCOCCn1nc(C)c(CNC(C)C)c1C. The van der Waals surface area contributed by atoms with Crippen LogP contribution in [0.1, 0.15) is 37.2 Å². The van der Waals surface area contributed by atoms with Crippen molar-refractivity contribution in [2.24, 2.45) is 0 Å². The van der Waals surface area contributed by atoms with Gasteiger partial charge in [-0.1, -0.05) is 13.8 Å². The number of aromatic nitrogens is 2. The molecule has 0 bridgehead atoms. The molecule has 0 unspecified atom stereocenters. The average molecular weight is 283 g/mol. The lowest BCUT2D eigenvalue weighted by molar-refractivity contribution is 0.0958. The second kappa shape index (κ2) is 9.10. The van der Waals surface area contributed by atoms with Gasteiger partial charge in [-0.2, -0.15) is 5.10 Å². The molecule has 5 nitrogen and oxygen atoms in total. The van der Waals surface area contributed by atoms with E-state index in [0.717, 1.165) is 38.4 Å². The molecule has 0 radical (unpaired) electrons. The summed E-state index contributed by atoms with van der Waals surface area (Å²) in [7, 11) is 1.71. The minimum Gasteiger partial charge on any atom is -0.385 e. The van der Waals surface area contributed by atoms with E-state index in [0.29, 0.717) is 12.6 Å². The fourth-order valence-electron chi connectivity index (χ4n) is 2.07. The maximum absolute atomic E-state index is 5.59. The Morgan fingerprint density at radius 3 is 2.60 bits per heavy atom. The Morgan fingerprint density at radius 1 is 1.20 bits per heavy atom. The van der Waals surface area contributed by atoms with Crippen LogP contribution in [0.25, 0.3) is 0 Å². The molecule has 116 valence electrons. The fraction of sp³-hybridized carbons (Fsp3) is 0.800. The fourth-order valence-corrected chi connectivity index (χ4v) is 2.07. The van der Waals surface area contributed by atoms with Gasteiger partial charge >= 0.3 is 0 Å². The lowest BCUT2D eigenvalue weighted by atomic mass is 10.2. The number of hydrogen-bond donors (Lipinski definition) is 1. The van der Waals surface area contributed by atoms with Crippen LogP contribution in [0.15, 0.2) is 0 Å². The van der Waals surface area contributed by atoms with E-state index in [1.54, 1.807) is 7.11 Å². The molecule has 1 rings (SSSR count). The number of ether oxygens (including phenoxy) is 2. The van der Waals surface area contributed by atoms with Crippen LogP contribution in [0.3, 0.4) is 0 Å². The molecule has 0 saturated heterocycles. The molecule has 0 aliphatic rings. The summed E-state index contributed by atoms with van der Waals surface area (Å²) in [5.74, 6) is 0. The second-order valence-electron chi connectivity index (χ2n) is 5.37. The van der Waals surface area contributed by atoms with Gasteiger partial charge in [-0.3, -0.25) is 4.68 Å². The maximum Gasteiger partial charge on any atom is 0.0662 e. The average Bonchev–Trinajstić information content (AvgIpc) is 2.66. The predicted octanol–water partition coefficient (Wildman–Crippen LogP) is 2.05. The van der Waals surface area contributed by atoms with Crippen LogP contribution in [0, 0.1) is 13.8 Å². The van der Waals surface area contributed by atoms with E-state index in [1.165, 1.54) is 11.3 Å². The van der Waals surface area contributed by atoms with Gasteiger partial charge in [0.05, 0.1) is 18.8 Å². The Kier molecular flexibility index (Phi) is 7.80. The van der Waals surface area contributed by atoms with Gasteiger partial charge in [-0.05, 0) is 20.3 Å². The van der Waals surface area contributed by atoms with E-state index in [4.69, 9.17) is 9.47 Å². The van der Waals surface area contributed by atoms with Crippen molar-refractivity contribution in [1.82, 2.24) is 15.1 Å². The molecule has 0 atom stereocenters. The van der Waals surface area contributed by atoms with Crippen LogP contribution in [0.5, 0.6) is 0 Å². The molecule has 0 aliphatic carbocycles. The third-order valence-electron chi connectivity index (χ3n) is 3.30. The zero-order chi connectivity index (χ0) is 15.0. The van der Waals surface area contributed by atoms with Crippen molar-refractivity contribution in [3.05, 3.63) is 17.0 Å². The van der Waals surface area contributed by atoms with Gasteiger partial charge in [-0.15, -0.1) is 0 Å². The standard InChI is InChI=1S/C15H29N3O2/c1-12(2)16-11-15-13(3)17-18(14(15)4)7-10-20-9-6-8-19-5/h12,16H,6-11H2,1-5H3. The maximum atomic E-state index is 5.59. The minimum atomic E-state index is 0.487. The Hall–Kier alpha value is -0.910. The molecule has 0 aromatic carbocycles. The van der Waals surface area contributed by atoms with E-state index in [2.05, 4.69) is 38.1 Å². The van der Waals surface area contributed by atoms with Crippen LogP contribution < -0.4 is 5.32 Å². The third-order valence-corrected chi connectivity index (χ3v) is 3.30. The summed E-state index contributed by atoms with van der Waals surface area (Å²) >= 11 is 0. The highest BCUT2D eigenvalue weighted by molar-refractivity contribution is 5.24. The zero-order valence-electron chi connectivity index (χ0n) is 13.5. The summed E-state index contributed by atoms with van der Waals surface area (Å²) in [6, 6.07) is 0.487. The second-order valence-corrected chi connectivity index (χ2v) is 5.37. The first-order valence-corrected chi connectivity index (χ1v) is 7.39. The van der Waals surface area contributed by atoms with E-state index in [-0.39, 0.29) is 0 Å². The smallest absolute Gasteiger partial charge is 0.0662 e. The number of nitrogens with zero attached hydrogens (tertiary/aromatic N) is 2. The van der Waals surface area contributed by atoms with E-state index in [1.807, 2.05) is 4.68 Å². The summed E-state index contributed by atoms with van der Waals surface area (Å²) in [5, 5.41) is 8.04. The van der Waals surface area contributed by atoms with Crippen molar-refractivity contribution < 1.29 is 9.47 Å². The van der Waals surface area contributed by atoms with Gasteiger partial charge in [0, 0.05) is 44.2 Å². The Balaban J connectivity index is 2.40. The Labute approximate surface area is 122 Å². The molecule has 0 fully saturated rings. The van der Waals surface area contributed by atoms with Crippen molar-refractivity contribution in [1.29, 1.82) is 0 Å². The molecule has 1 aromatic rings. The van der Waals surface area contributed by atoms with Gasteiger partial charge in [0.15, 0.2) is 0 Å².